The van der Waals surface area contributed by atoms with Crippen molar-refractivity contribution in [3.63, 3.8) is 0 Å². The Bertz CT molecular complexity index is 702. The largest absolute Gasteiger partial charge is 0.481 e. The smallest absolute Gasteiger partial charge is 0.387 e. The van der Waals surface area contributed by atoms with Gasteiger partial charge in [-0.1, -0.05) is 11.6 Å². The van der Waals surface area contributed by atoms with Crippen LogP contribution in [0.1, 0.15) is 5.56 Å². The Morgan fingerprint density at radius 2 is 2.05 bits per heavy atom. The summed E-state index contributed by atoms with van der Waals surface area (Å²) in [6, 6.07) is 7.91. The van der Waals surface area contributed by atoms with Crippen molar-refractivity contribution in [3.05, 3.63) is 41.0 Å². The fraction of sp³-hybridized carbons (Fsp3) is 0.143. The van der Waals surface area contributed by atoms with Gasteiger partial charge in [0.05, 0.1) is 24.9 Å². The molecule has 0 unspecified atom stereocenters. The lowest BCUT2D eigenvalue weighted by molar-refractivity contribution is -0.0497. The van der Waals surface area contributed by atoms with E-state index in [2.05, 4.69) is 9.72 Å². The van der Waals surface area contributed by atoms with Gasteiger partial charge in [-0.2, -0.15) is 14.0 Å². The summed E-state index contributed by atoms with van der Waals surface area (Å²) in [6.07, 6.45) is 1.11. The van der Waals surface area contributed by atoms with E-state index < -0.39 is 6.61 Å². The van der Waals surface area contributed by atoms with Gasteiger partial charge < -0.3 is 9.47 Å². The van der Waals surface area contributed by atoms with Gasteiger partial charge in [-0.25, -0.2) is 4.98 Å². The fourth-order valence-corrected chi connectivity index (χ4v) is 1.94. The summed E-state index contributed by atoms with van der Waals surface area (Å²) >= 11 is 5.91. The van der Waals surface area contributed by atoms with Crippen molar-refractivity contribution < 1.29 is 18.3 Å². The van der Waals surface area contributed by atoms with Crippen LogP contribution in [0.2, 0.25) is 5.02 Å². The molecule has 4 nitrogen and oxygen atoms in total. The van der Waals surface area contributed by atoms with Crippen LogP contribution in [0.25, 0.3) is 11.1 Å². The zero-order chi connectivity index (χ0) is 15.4. The van der Waals surface area contributed by atoms with E-state index in [1.807, 2.05) is 6.07 Å². The topological polar surface area (TPSA) is 55.1 Å². The van der Waals surface area contributed by atoms with Crippen LogP contribution in [-0.4, -0.2) is 18.7 Å². The normalized spacial score (nSPS) is 10.3. The number of benzene rings is 1. The summed E-state index contributed by atoms with van der Waals surface area (Å²) in [4.78, 5) is 3.82. The van der Waals surface area contributed by atoms with Crippen molar-refractivity contribution >= 4 is 11.6 Å². The van der Waals surface area contributed by atoms with Crippen LogP contribution in [0.4, 0.5) is 8.78 Å². The highest BCUT2D eigenvalue weighted by molar-refractivity contribution is 6.31. The van der Waals surface area contributed by atoms with Gasteiger partial charge >= 0.3 is 6.61 Å². The molecule has 0 N–H and O–H groups in total. The van der Waals surface area contributed by atoms with E-state index in [0.29, 0.717) is 10.6 Å². The maximum absolute atomic E-state index is 12.5. The monoisotopic (exact) mass is 310 g/mol. The molecule has 2 aromatic rings. The highest BCUT2D eigenvalue weighted by atomic mass is 35.5. The van der Waals surface area contributed by atoms with Gasteiger partial charge in [0.2, 0.25) is 5.88 Å². The van der Waals surface area contributed by atoms with Gasteiger partial charge in [0.1, 0.15) is 0 Å². The van der Waals surface area contributed by atoms with Crippen molar-refractivity contribution in [2.24, 2.45) is 0 Å². The summed E-state index contributed by atoms with van der Waals surface area (Å²) in [6.45, 7) is -3.01. The van der Waals surface area contributed by atoms with Crippen molar-refractivity contribution in [1.82, 2.24) is 4.98 Å². The van der Waals surface area contributed by atoms with Crippen LogP contribution in [0.5, 0.6) is 11.6 Å². The molecule has 0 aliphatic carbocycles. The minimum absolute atomic E-state index is 0.162. The molecule has 1 heterocycles. The Kier molecular flexibility index (Phi) is 4.55. The van der Waals surface area contributed by atoms with Crippen LogP contribution in [0, 0.1) is 11.3 Å². The number of rotatable bonds is 4. The Hall–Kier alpha value is -2.39. The second-order valence-electron chi connectivity index (χ2n) is 3.90. The molecule has 0 bridgehead atoms. The van der Waals surface area contributed by atoms with E-state index in [0.717, 1.165) is 6.20 Å². The number of nitriles is 1. The van der Waals surface area contributed by atoms with Crippen LogP contribution in [0.15, 0.2) is 30.5 Å². The number of aromatic nitrogens is 1. The molecule has 0 aliphatic rings. The molecule has 1 aromatic carbocycles. The average molecular weight is 311 g/mol. The lowest BCUT2D eigenvalue weighted by atomic mass is 10.0. The summed E-state index contributed by atoms with van der Waals surface area (Å²) < 4.78 is 34.4. The van der Waals surface area contributed by atoms with Gasteiger partial charge in [0.25, 0.3) is 0 Å². The van der Waals surface area contributed by atoms with Crippen LogP contribution < -0.4 is 9.47 Å². The van der Waals surface area contributed by atoms with Gasteiger partial charge in [-0.3, -0.25) is 0 Å². The average Bonchev–Trinajstić information content (AvgIpc) is 2.47. The minimum atomic E-state index is -3.01. The molecule has 0 saturated carbocycles. The third-order valence-corrected chi connectivity index (χ3v) is 2.89. The highest BCUT2D eigenvalue weighted by Crippen LogP contribution is 2.36. The van der Waals surface area contributed by atoms with E-state index in [4.69, 9.17) is 21.6 Å². The first kappa shape index (κ1) is 15.0. The fourth-order valence-electron chi connectivity index (χ4n) is 1.77. The number of ether oxygens (including phenoxy) is 2. The second-order valence-corrected chi connectivity index (χ2v) is 4.34. The molecular weight excluding hydrogens is 302 g/mol. The molecule has 0 atom stereocenters. The zero-order valence-electron chi connectivity index (χ0n) is 10.8. The Morgan fingerprint density at radius 1 is 1.29 bits per heavy atom. The lowest BCUT2D eigenvalue weighted by Crippen LogP contribution is -2.04. The third kappa shape index (κ3) is 3.38. The van der Waals surface area contributed by atoms with Gasteiger partial charge in [-0.05, 0) is 18.2 Å². The van der Waals surface area contributed by atoms with E-state index in [1.54, 1.807) is 0 Å². The standard InChI is InChI=1S/C14H9ClF2N2O2/c1-20-13-5-11(12(7-19-13)21-14(16)17)10-4-9(15)3-2-8(10)6-18/h2-5,7,14H,1H3. The Balaban J connectivity index is 2.65. The molecular formula is C14H9ClF2N2O2. The summed E-state index contributed by atoms with van der Waals surface area (Å²) in [5.41, 5.74) is 0.884. The Morgan fingerprint density at radius 3 is 2.67 bits per heavy atom. The molecule has 0 radical (unpaired) electrons. The van der Waals surface area contributed by atoms with E-state index in [1.165, 1.54) is 31.4 Å². The first-order valence-electron chi connectivity index (χ1n) is 5.74. The number of methoxy groups -OCH3 is 1. The van der Waals surface area contributed by atoms with Gasteiger partial charge in [0.15, 0.2) is 5.75 Å². The quantitative estimate of drug-likeness (QED) is 0.860. The lowest BCUT2D eigenvalue weighted by Gasteiger charge is -2.13. The number of halogens is 3. The van der Waals surface area contributed by atoms with Crippen LogP contribution in [-0.2, 0) is 0 Å². The minimum Gasteiger partial charge on any atom is -0.481 e. The van der Waals surface area contributed by atoms with Crippen molar-refractivity contribution in [2.75, 3.05) is 7.11 Å². The number of nitrogens with zero attached hydrogens (tertiary/aromatic N) is 2. The number of hydrogen-bond acceptors (Lipinski definition) is 4. The molecule has 0 fully saturated rings. The van der Waals surface area contributed by atoms with Crippen molar-refractivity contribution in [1.29, 1.82) is 5.26 Å². The van der Waals surface area contributed by atoms with Gasteiger partial charge in [0, 0.05) is 22.2 Å². The number of pyridine rings is 1. The molecule has 0 spiro atoms. The van der Waals surface area contributed by atoms with Crippen molar-refractivity contribution in [3.8, 4) is 28.8 Å². The molecule has 2 rings (SSSR count). The third-order valence-electron chi connectivity index (χ3n) is 2.66. The highest BCUT2D eigenvalue weighted by Gasteiger charge is 2.16. The molecule has 7 heteroatoms. The van der Waals surface area contributed by atoms with Crippen LogP contribution in [0.3, 0.4) is 0 Å². The molecule has 0 aliphatic heterocycles. The zero-order valence-corrected chi connectivity index (χ0v) is 11.6. The van der Waals surface area contributed by atoms with Crippen molar-refractivity contribution in [2.45, 2.75) is 6.61 Å². The SMILES string of the molecule is COc1cc(-c2cc(Cl)ccc2C#N)c(OC(F)F)cn1. The molecule has 0 amide bonds. The van der Waals surface area contributed by atoms with E-state index in [9.17, 15) is 8.78 Å². The molecule has 21 heavy (non-hydrogen) atoms. The summed E-state index contributed by atoms with van der Waals surface area (Å²) in [5.74, 6) is 0.0417. The predicted octanol–water partition coefficient (Wildman–Crippen LogP) is 3.88. The molecule has 0 saturated heterocycles. The molecule has 108 valence electrons. The summed E-state index contributed by atoms with van der Waals surface area (Å²) in [5, 5.41) is 9.50. The van der Waals surface area contributed by atoms with E-state index in [-0.39, 0.29) is 22.8 Å². The first-order valence-corrected chi connectivity index (χ1v) is 6.12. The number of hydrogen-bond donors (Lipinski definition) is 0. The van der Waals surface area contributed by atoms with Gasteiger partial charge in [-0.15, -0.1) is 0 Å². The maximum Gasteiger partial charge on any atom is 0.387 e. The maximum atomic E-state index is 12.5. The Labute approximate surface area is 124 Å². The summed E-state index contributed by atoms with van der Waals surface area (Å²) in [7, 11) is 1.39. The molecule has 1 aromatic heterocycles. The second kappa shape index (κ2) is 6.37. The predicted molar refractivity (Wildman–Crippen MR) is 72.6 cm³/mol. The van der Waals surface area contributed by atoms with E-state index >= 15 is 0 Å². The van der Waals surface area contributed by atoms with Crippen LogP contribution >= 0.6 is 11.6 Å². The number of alkyl halides is 2. The first-order chi connectivity index (χ1) is 10.0.